The number of halogens is 2. The Morgan fingerprint density at radius 3 is 2.72 bits per heavy atom. The van der Waals surface area contributed by atoms with Gasteiger partial charge < -0.3 is 5.32 Å². The van der Waals surface area contributed by atoms with Gasteiger partial charge in [-0.2, -0.15) is 0 Å². The van der Waals surface area contributed by atoms with Gasteiger partial charge in [-0.15, -0.1) is 0 Å². The number of pyridine rings is 1. The lowest BCUT2D eigenvalue weighted by atomic mass is 10.1. The van der Waals surface area contributed by atoms with Gasteiger partial charge in [0.15, 0.2) is 0 Å². The first-order valence-electron chi connectivity index (χ1n) is 5.74. The Hall–Kier alpha value is -0.900. The topological polar surface area (TPSA) is 24.9 Å². The standard InChI is InChI=1S/C14H14BrClN2/c1-10(11-4-6-17-7-5-11)18-9-12-8-13(16)2-3-14(12)15/h2-8,10,18H,9H2,1H3/t10-/m1/s1. The lowest BCUT2D eigenvalue weighted by molar-refractivity contribution is 0.573. The molecule has 1 aromatic carbocycles. The Morgan fingerprint density at radius 2 is 2.00 bits per heavy atom. The first-order valence-corrected chi connectivity index (χ1v) is 6.91. The zero-order valence-electron chi connectivity index (χ0n) is 10.0. The molecule has 1 aromatic heterocycles. The van der Waals surface area contributed by atoms with Gasteiger partial charge in [0.05, 0.1) is 0 Å². The highest BCUT2D eigenvalue weighted by Gasteiger charge is 2.06. The molecule has 0 radical (unpaired) electrons. The van der Waals surface area contributed by atoms with Crippen LogP contribution in [0.2, 0.25) is 5.02 Å². The fraction of sp³-hybridized carbons (Fsp3) is 0.214. The normalized spacial score (nSPS) is 12.4. The number of aromatic nitrogens is 1. The highest BCUT2D eigenvalue weighted by molar-refractivity contribution is 9.10. The Bertz CT molecular complexity index is 516. The Morgan fingerprint density at radius 1 is 1.28 bits per heavy atom. The van der Waals surface area contributed by atoms with E-state index in [0.717, 1.165) is 21.6 Å². The van der Waals surface area contributed by atoms with Crippen LogP contribution in [0.5, 0.6) is 0 Å². The maximum absolute atomic E-state index is 5.99. The molecule has 0 unspecified atom stereocenters. The van der Waals surface area contributed by atoms with Crippen molar-refractivity contribution in [2.45, 2.75) is 19.5 Å². The van der Waals surface area contributed by atoms with E-state index >= 15 is 0 Å². The molecule has 0 bridgehead atoms. The lowest BCUT2D eigenvalue weighted by Crippen LogP contribution is -2.18. The van der Waals surface area contributed by atoms with Crippen LogP contribution in [0.4, 0.5) is 0 Å². The summed E-state index contributed by atoms with van der Waals surface area (Å²) in [5, 5.41) is 4.22. The Labute approximate surface area is 121 Å². The van der Waals surface area contributed by atoms with E-state index in [1.807, 2.05) is 42.7 Å². The molecule has 1 atom stereocenters. The average Bonchev–Trinajstić information content (AvgIpc) is 2.40. The second kappa shape index (κ2) is 6.32. The third-order valence-corrected chi connectivity index (χ3v) is 3.82. The summed E-state index contributed by atoms with van der Waals surface area (Å²) in [6.45, 7) is 2.90. The largest absolute Gasteiger partial charge is 0.306 e. The number of hydrogen-bond donors (Lipinski definition) is 1. The minimum atomic E-state index is 0.277. The second-order valence-corrected chi connectivity index (χ2v) is 5.41. The molecule has 2 aromatic rings. The summed E-state index contributed by atoms with van der Waals surface area (Å²) in [7, 11) is 0. The van der Waals surface area contributed by atoms with Gasteiger partial charge in [0, 0.05) is 34.5 Å². The molecule has 94 valence electrons. The maximum Gasteiger partial charge on any atom is 0.0410 e. The fourth-order valence-electron chi connectivity index (χ4n) is 1.71. The Balaban J connectivity index is 2.01. The van der Waals surface area contributed by atoms with Crippen molar-refractivity contribution >= 4 is 27.5 Å². The van der Waals surface area contributed by atoms with Crippen LogP contribution in [0.15, 0.2) is 47.2 Å². The van der Waals surface area contributed by atoms with Crippen molar-refractivity contribution in [3.63, 3.8) is 0 Å². The molecule has 0 fully saturated rings. The number of rotatable bonds is 4. The van der Waals surface area contributed by atoms with E-state index in [4.69, 9.17) is 11.6 Å². The quantitative estimate of drug-likeness (QED) is 0.904. The van der Waals surface area contributed by atoms with Crippen molar-refractivity contribution in [3.8, 4) is 0 Å². The van der Waals surface area contributed by atoms with E-state index in [1.165, 1.54) is 5.56 Å². The van der Waals surface area contributed by atoms with Crippen molar-refractivity contribution in [2.24, 2.45) is 0 Å². The minimum absolute atomic E-state index is 0.277. The minimum Gasteiger partial charge on any atom is -0.306 e. The van der Waals surface area contributed by atoms with Crippen LogP contribution in [0.1, 0.15) is 24.1 Å². The average molecular weight is 326 g/mol. The van der Waals surface area contributed by atoms with Crippen molar-refractivity contribution in [1.29, 1.82) is 0 Å². The zero-order valence-corrected chi connectivity index (χ0v) is 12.4. The van der Waals surface area contributed by atoms with Crippen molar-refractivity contribution in [3.05, 3.63) is 63.3 Å². The first-order chi connectivity index (χ1) is 8.66. The highest BCUT2D eigenvalue weighted by atomic mass is 79.9. The lowest BCUT2D eigenvalue weighted by Gasteiger charge is -2.15. The van der Waals surface area contributed by atoms with Gasteiger partial charge in [0.25, 0.3) is 0 Å². The van der Waals surface area contributed by atoms with Crippen molar-refractivity contribution < 1.29 is 0 Å². The summed E-state index contributed by atoms with van der Waals surface area (Å²) in [6.07, 6.45) is 3.62. The first kappa shape index (κ1) is 13.5. The predicted molar refractivity (Wildman–Crippen MR) is 78.6 cm³/mol. The van der Waals surface area contributed by atoms with E-state index in [9.17, 15) is 0 Å². The summed E-state index contributed by atoms with van der Waals surface area (Å²) in [4.78, 5) is 4.02. The van der Waals surface area contributed by atoms with Crippen LogP contribution in [-0.4, -0.2) is 4.98 Å². The van der Waals surface area contributed by atoms with Crippen LogP contribution in [0.3, 0.4) is 0 Å². The van der Waals surface area contributed by atoms with Gasteiger partial charge >= 0.3 is 0 Å². The number of benzene rings is 1. The second-order valence-electron chi connectivity index (χ2n) is 4.12. The summed E-state index contributed by atoms with van der Waals surface area (Å²) in [6, 6.07) is 10.1. The van der Waals surface area contributed by atoms with Crippen molar-refractivity contribution in [1.82, 2.24) is 10.3 Å². The predicted octanol–water partition coefficient (Wildman–Crippen LogP) is 4.35. The molecular formula is C14H14BrClN2. The third-order valence-electron chi connectivity index (χ3n) is 2.81. The van der Waals surface area contributed by atoms with E-state index in [2.05, 4.69) is 33.2 Å². The molecule has 0 amide bonds. The molecular weight excluding hydrogens is 312 g/mol. The molecule has 0 aliphatic heterocycles. The summed E-state index contributed by atoms with van der Waals surface area (Å²) in [5.41, 5.74) is 2.38. The molecule has 0 spiro atoms. The smallest absolute Gasteiger partial charge is 0.0410 e. The molecule has 0 saturated carbocycles. The van der Waals surface area contributed by atoms with Gasteiger partial charge in [-0.1, -0.05) is 27.5 Å². The van der Waals surface area contributed by atoms with Crippen LogP contribution in [-0.2, 0) is 6.54 Å². The van der Waals surface area contributed by atoms with Gasteiger partial charge in [0.2, 0.25) is 0 Å². The molecule has 0 aliphatic rings. The van der Waals surface area contributed by atoms with Crippen LogP contribution >= 0.6 is 27.5 Å². The highest BCUT2D eigenvalue weighted by Crippen LogP contribution is 2.22. The maximum atomic E-state index is 5.99. The number of nitrogens with zero attached hydrogens (tertiary/aromatic N) is 1. The summed E-state index contributed by atoms with van der Waals surface area (Å²) < 4.78 is 1.07. The SMILES string of the molecule is C[C@@H](NCc1cc(Cl)ccc1Br)c1ccncc1. The molecule has 1 heterocycles. The monoisotopic (exact) mass is 324 g/mol. The van der Waals surface area contributed by atoms with Crippen LogP contribution in [0, 0.1) is 0 Å². The Kier molecular flexibility index (Phi) is 4.75. The van der Waals surface area contributed by atoms with Gasteiger partial charge in [-0.3, -0.25) is 4.98 Å². The van der Waals surface area contributed by atoms with E-state index in [1.54, 1.807) is 0 Å². The van der Waals surface area contributed by atoms with E-state index in [-0.39, 0.29) is 6.04 Å². The van der Waals surface area contributed by atoms with Gasteiger partial charge in [0.1, 0.15) is 0 Å². The molecule has 4 heteroatoms. The number of nitrogens with one attached hydrogen (secondary N) is 1. The fourth-order valence-corrected chi connectivity index (χ4v) is 2.29. The molecule has 2 nitrogen and oxygen atoms in total. The molecule has 18 heavy (non-hydrogen) atoms. The summed E-state index contributed by atoms with van der Waals surface area (Å²) >= 11 is 9.52. The van der Waals surface area contributed by atoms with E-state index < -0.39 is 0 Å². The van der Waals surface area contributed by atoms with Gasteiger partial charge in [-0.25, -0.2) is 0 Å². The third kappa shape index (κ3) is 3.55. The summed E-state index contributed by atoms with van der Waals surface area (Å²) in [5.74, 6) is 0. The van der Waals surface area contributed by atoms with E-state index in [0.29, 0.717) is 0 Å². The van der Waals surface area contributed by atoms with Crippen molar-refractivity contribution in [2.75, 3.05) is 0 Å². The van der Waals surface area contributed by atoms with Crippen LogP contribution < -0.4 is 5.32 Å². The number of hydrogen-bond acceptors (Lipinski definition) is 2. The zero-order chi connectivity index (χ0) is 13.0. The molecule has 1 N–H and O–H groups in total. The molecule has 0 aliphatic carbocycles. The molecule has 0 saturated heterocycles. The molecule has 2 rings (SSSR count). The van der Waals surface area contributed by atoms with Crippen LogP contribution in [0.25, 0.3) is 0 Å². The van der Waals surface area contributed by atoms with Gasteiger partial charge in [-0.05, 0) is 48.4 Å².